The van der Waals surface area contributed by atoms with Crippen molar-refractivity contribution < 1.29 is 24.1 Å². The summed E-state index contributed by atoms with van der Waals surface area (Å²) in [6.45, 7) is -0.388. The van der Waals surface area contributed by atoms with Crippen LogP contribution in [0.5, 0.6) is 17.4 Å². The van der Waals surface area contributed by atoms with Crippen LogP contribution in [0.2, 0.25) is 5.02 Å². The smallest absolute Gasteiger partial charge is 0.242 e. The van der Waals surface area contributed by atoms with Crippen molar-refractivity contribution in [2.24, 2.45) is 0 Å². The summed E-state index contributed by atoms with van der Waals surface area (Å²) in [7, 11) is 0. The summed E-state index contributed by atoms with van der Waals surface area (Å²) >= 11 is 7.48. The lowest BCUT2D eigenvalue weighted by molar-refractivity contribution is 0.0919. The number of rotatable bonds is 6. The highest BCUT2D eigenvalue weighted by molar-refractivity contribution is 7.21. The number of ether oxygens (including phenoxy) is 1. The van der Waals surface area contributed by atoms with E-state index in [0.717, 1.165) is 4.70 Å². The lowest BCUT2D eigenvalue weighted by Gasteiger charge is -2.10. The number of Topliss-reactive ketones (excluding diaryl/α,β-unsaturated/α-hetero) is 1. The fourth-order valence-electron chi connectivity index (χ4n) is 3.62. The number of aromatic hydroxyl groups is 2. The second-order valence-corrected chi connectivity index (χ2v) is 8.76. The molecule has 0 amide bonds. The van der Waals surface area contributed by atoms with E-state index in [1.165, 1.54) is 40.2 Å². The third-order valence-corrected chi connectivity index (χ3v) is 6.49. The first-order chi connectivity index (χ1) is 16.4. The van der Waals surface area contributed by atoms with Gasteiger partial charge in [0.1, 0.15) is 17.1 Å². The Bertz CT molecular complexity index is 1510. The molecule has 9 heteroatoms. The largest absolute Gasteiger partial charge is 0.503 e. The SMILES string of the molecule is O=C(COc1ccccc1)c1c(O)c(O)n(-c2nc3c(Cl)cccc3s2)c1-c1ccc(F)cc1. The maximum absolute atomic E-state index is 13.6. The molecule has 0 saturated carbocycles. The van der Waals surface area contributed by atoms with Crippen LogP contribution in [0.4, 0.5) is 4.39 Å². The third-order valence-electron chi connectivity index (χ3n) is 5.18. The van der Waals surface area contributed by atoms with E-state index in [9.17, 15) is 19.4 Å². The van der Waals surface area contributed by atoms with Gasteiger partial charge in [-0.3, -0.25) is 9.36 Å². The number of fused-ring (bicyclic) bond motifs is 1. The molecule has 0 unspecified atom stereocenters. The molecule has 170 valence electrons. The van der Waals surface area contributed by atoms with E-state index in [0.29, 0.717) is 21.9 Å². The summed E-state index contributed by atoms with van der Waals surface area (Å²) in [6.07, 6.45) is 0. The highest BCUT2D eigenvalue weighted by Crippen LogP contribution is 2.45. The number of aromatic nitrogens is 2. The van der Waals surface area contributed by atoms with Gasteiger partial charge in [-0.1, -0.05) is 47.2 Å². The summed E-state index contributed by atoms with van der Waals surface area (Å²) < 4.78 is 21.2. The van der Waals surface area contributed by atoms with Crippen LogP contribution in [-0.2, 0) is 0 Å². The summed E-state index contributed by atoms with van der Waals surface area (Å²) in [5.41, 5.74) is 0.907. The quantitative estimate of drug-likeness (QED) is 0.274. The normalized spacial score (nSPS) is 11.1. The molecule has 2 N–H and O–H groups in total. The van der Waals surface area contributed by atoms with Gasteiger partial charge in [-0.05, 0) is 54.1 Å². The van der Waals surface area contributed by atoms with E-state index in [1.807, 2.05) is 12.1 Å². The van der Waals surface area contributed by atoms with Gasteiger partial charge in [-0.25, -0.2) is 9.37 Å². The standard InChI is InChI=1S/C25H16ClFN2O4S/c26-17-7-4-8-19-21(17)28-25(34-19)29-22(14-9-11-15(27)12-10-14)20(23(31)24(29)32)18(30)13-33-16-5-2-1-3-6-16/h1-12,31-32H,13H2. The first-order valence-corrected chi connectivity index (χ1v) is 11.3. The maximum Gasteiger partial charge on any atom is 0.242 e. The Morgan fingerprint density at radius 3 is 2.47 bits per heavy atom. The topological polar surface area (TPSA) is 84.6 Å². The van der Waals surface area contributed by atoms with E-state index in [-0.39, 0.29) is 23.0 Å². The second kappa shape index (κ2) is 8.81. The lowest BCUT2D eigenvalue weighted by Crippen LogP contribution is -2.13. The fourth-order valence-corrected chi connectivity index (χ4v) is 4.89. The summed E-state index contributed by atoms with van der Waals surface area (Å²) in [4.78, 5) is 17.7. The molecule has 0 spiro atoms. The van der Waals surface area contributed by atoms with Crippen molar-refractivity contribution in [3.8, 4) is 33.8 Å². The molecular weight excluding hydrogens is 479 g/mol. The van der Waals surface area contributed by atoms with Crippen molar-refractivity contribution in [1.29, 1.82) is 0 Å². The Morgan fingerprint density at radius 2 is 1.76 bits per heavy atom. The van der Waals surface area contributed by atoms with Crippen molar-refractivity contribution >= 4 is 38.9 Å². The van der Waals surface area contributed by atoms with E-state index in [2.05, 4.69) is 4.98 Å². The summed E-state index contributed by atoms with van der Waals surface area (Å²) in [5, 5.41) is 22.4. The van der Waals surface area contributed by atoms with Gasteiger partial charge in [0.2, 0.25) is 11.7 Å². The van der Waals surface area contributed by atoms with Crippen LogP contribution in [0.15, 0.2) is 72.8 Å². The molecule has 6 nitrogen and oxygen atoms in total. The number of benzene rings is 3. The molecule has 5 rings (SSSR count). The number of nitrogens with zero attached hydrogens (tertiary/aromatic N) is 2. The summed E-state index contributed by atoms with van der Waals surface area (Å²) in [6, 6.07) is 19.4. The highest BCUT2D eigenvalue weighted by Gasteiger charge is 2.30. The third kappa shape index (κ3) is 3.87. The van der Waals surface area contributed by atoms with Gasteiger partial charge >= 0.3 is 0 Å². The molecule has 2 aromatic heterocycles. The number of ketones is 1. The second-order valence-electron chi connectivity index (χ2n) is 7.35. The van der Waals surface area contributed by atoms with Gasteiger partial charge in [0.15, 0.2) is 17.5 Å². The average Bonchev–Trinajstić information content (AvgIpc) is 3.38. The monoisotopic (exact) mass is 494 g/mol. The van der Waals surface area contributed by atoms with Gasteiger partial charge < -0.3 is 14.9 Å². The van der Waals surface area contributed by atoms with E-state index >= 15 is 0 Å². The van der Waals surface area contributed by atoms with Gasteiger partial charge in [-0.2, -0.15) is 0 Å². The molecule has 5 aromatic rings. The minimum absolute atomic E-state index is 0.159. The van der Waals surface area contributed by atoms with Crippen molar-refractivity contribution in [2.75, 3.05) is 6.61 Å². The van der Waals surface area contributed by atoms with Crippen LogP contribution in [0.3, 0.4) is 0 Å². The zero-order valence-corrected chi connectivity index (χ0v) is 19.0. The minimum Gasteiger partial charge on any atom is -0.503 e. The molecule has 3 aromatic carbocycles. The zero-order valence-electron chi connectivity index (χ0n) is 17.4. The Balaban J connectivity index is 1.67. The first-order valence-electron chi connectivity index (χ1n) is 10.1. The molecule has 0 aliphatic rings. The Hall–Kier alpha value is -3.88. The van der Waals surface area contributed by atoms with Crippen LogP contribution in [0, 0.1) is 5.82 Å². The van der Waals surface area contributed by atoms with E-state index in [4.69, 9.17) is 16.3 Å². The number of carbonyl (C=O) groups is 1. The molecule has 0 aliphatic carbocycles. The molecule has 0 saturated heterocycles. The number of halogens is 2. The van der Waals surface area contributed by atoms with Crippen molar-refractivity contribution in [3.63, 3.8) is 0 Å². The molecule has 0 fully saturated rings. The van der Waals surface area contributed by atoms with Gasteiger partial charge in [0, 0.05) is 0 Å². The zero-order chi connectivity index (χ0) is 23.8. The van der Waals surface area contributed by atoms with Crippen LogP contribution in [-0.4, -0.2) is 32.2 Å². The predicted molar refractivity (Wildman–Crippen MR) is 129 cm³/mol. The van der Waals surface area contributed by atoms with Gasteiger partial charge in [0.05, 0.1) is 21.0 Å². The van der Waals surface area contributed by atoms with Gasteiger partial charge in [0.25, 0.3) is 0 Å². The maximum atomic E-state index is 13.6. The van der Waals surface area contributed by atoms with Crippen LogP contribution >= 0.6 is 22.9 Å². The molecule has 34 heavy (non-hydrogen) atoms. The number of hydrogen-bond donors (Lipinski definition) is 2. The lowest BCUT2D eigenvalue weighted by atomic mass is 10.0. The van der Waals surface area contributed by atoms with Crippen LogP contribution < -0.4 is 4.74 Å². The molecule has 0 aliphatic heterocycles. The number of carbonyl (C=O) groups excluding carboxylic acids is 1. The molecule has 0 atom stereocenters. The van der Waals surface area contributed by atoms with E-state index in [1.54, 1.807) is 36.4 Å². The van der Waals surface area contributed by atoms with Crippen molar-refractivity contribution in [3.05, 3.63) is 89.2 Å². The summed E-state index contributed by atoms with van der Waals surface area (Å²) in [5.74, 6) is -1.76. The average molecular weight is 495 g/mol. The number of thiazole rings is 1. The van der Waals surface area contributed by atoms with Crippen molar-refractivity contribution in [2.45, 2.75) is 0 Å². The van der Waals surface area contributed by atoms with Crippen LogP contribution in [0.1, 0.15) is 10.4 Å². The van der Waals surface area contributed by atoms with Crippen LogP contribution in [0.25, 0.3) is 26.6 Å². The number of para-hydroxylation sites is 2. The Kier molecular flexibility index (Phi) is 5.69. The predicted octanol–water partition coefficient (Wildman–Crippen LogP) is 6.22. The molecule has 2 heterocycles. The molecular formula is C25H16ClFN2O4S. The van der Waals surface area contributed by atoms with Gasteiger partial charge in [-0.15, -0.1) is 0 Å². The first kappa shape index (κ1) is 21.9. The highest BCUT2D eigenvalue weighted by atomic mass is 35.5. The van der Waals surface area contributed by atoms with E-state index < -0.39 is 23.2 Å². The fraction of sp³-hybridized carbons (Fsp3) is 0.0400. The Morgan fingerprint density at radius 1 is 1.03 bits per heavy atom. The van der Waals surface area contributed by atoms with Crippen molar-refractivity contribution in [1.82, 2.24) is 9.55 Å². The Labute approximate surface area is 202 Å². The minimum atomic E-state index is -0.619. The molecule has 0 radical (unpaired) electrons. The molecule has 0 bridgehead atoms. The number of hydrogen-bond acceptors (Lipinski definition) is 6.